The molecule has 2 aromatic rings. The summed E-state index contributed by atoms with van der Waals surface area (Å²) in [5.41, 5.74) is 0.543. The van der Waals surface area contributed by atoms with E-state index in [0.29, 0.717) is 28.7 Å². The van der Waals surface area contributed by atoms with Crippen LogP contribution in [0, 0.1) is 0 Å². The van der Waals surface area contributed by atoms with Gasteiger partial charge in [-0.2, -0.15) is 4.98 Å². The van der Waals surface area contributed by atoms with Crippen molar-refractivity contribution in [2.45, 2.75) is 0 Å². The van der Waals surface area contributed by atoms with E-state index in [1.165, 1.54) is 6.20 Å². The molecule has 92 valence electrons. The van der Waals surface area contributed by atoms with Gasteiger partial charge in [-0.25, -0.2) is 4.98 Å². The van der Waals surface area contributed by atoms with Crippen LogP contribution in [0.15, 0.2) is 30.5 Å². The Bertz CT molecular complexity index is 578. The number of hydrogen-bond acceptors (Lipinski definition) is 5. The van der Waals surface area contributed by atoms with Crippen LogP contribution in [-0.4, -0.2) is 16.4 Å². The molecule has 0 atom stereocenters. The van der Waals surface area contributed by atoms with Gasteiger partial charge in [0.1, 0.15) is 5.02 Å². The number of aromatic nitrogens is 2. The Kier molecular flexibility index (Phi) is 3.96. The van der Waals surface area contributed by atoms with Crippen molar-refractivity contribution in [3.63, 3.8) is 0 Å². The van der Waals surface area contributed by atoms with Gasteiger partial charge < -0.3 is 10.1 Å². The van der Waals surface area contributed by atoms with Crippen LogP contribution >= 0.6 is 23.2 Å². The van der Waals surface area contributed by atoms with Gasteiger partial charge >= 0.3 is 0 Å². The topological polar surface area (TPSA) is 64.1 Å². The Morgan fingerprint density at radius 3 is 2.83 bits per heavy atom. The predicted octanol–water partition coefficient (Wildman–Crippen LogP) is 3.06. The second-order valence-corrected chi connectivity index (χ2v) is 3.92. The molecule has 0 bridgehead atoms. The molecule has 5 nitrogen and oxygen atoms in total. The van der Waals surface area contributed by atoms with Crippen molar-refractivity contribution in [3.05, 3.63) is 40.8 Å². The summed E-state index contributed by atoms with van der Waals surface area (Å²) in [6.45, 7) is 0.342. The third kappa shape index (κ3) is 2.88. The number of ether oxygens (including phenoxy) is 1. The Morgan fingerprint density at radius 1 is 1.28 bits per heavy atom. The Labute approximate surface area is 113 Å². The van der Waals surface area contributed by atoms with Crippen LogP contribution in [0.25, 0.3) is 0 Å². The zero-order valence-electron chi connectivity index (χ0n) is 8.93. The molecule has 0 fully saturated rings. The highest BCUT2D eigenvalue weighted by Gasteiger charge is 2.08. The van der Waals surface area contributed by atoms with E-state index in [4.69, 9.17) is 27.9 Å². The van der Waals surface area contributed by atoms with Gasteiger partial charge in [-0.05, 0) is 23.7 Å². The highest BCUT2D eigenvalue weighted by molar-refractivity contribution is 6.33. The molecule has 0 spiro atoms. The van der Waals surface area contributed by atoms with Crippen LogP contribution in [0.5, 0.6) is 5.75 Å². The van der Waals surface area contributed by atoms with E-state index in [9.17, 15) is 4.79 Å². The molecule has 1 aromatic carbocycles. The lowest BCUT2D eigenvalue weighted by Gasteiger charge is -2.10. The average Bonchev–Trinajstić information content (AvgIpc) is 2.36. The maximum absolute atomic E-state index is 10.4. The first kappa shape index (κ1) is 12.6. The third-order valence-electron chi connectivity index (χ3n) is 2.03. The molecule has 0 aliphatic heterocycles. The second-order valence-electron chi connectivity index (χ2n) is 3.17. The van der Waals surface area contributed by atoms with Crippen LogP contribution in [0.1, 0.15) is 0 Å². The monoisotopic (exact) mass is 283 g/mol. The molecule has 18 heavy (non-hydrogen) atoms. The van der Waals surface area contributed by atoms with Gasteiger partial charge in [0.05, 0.1) is 11.9 Å². The van der Waals surface area contributed by atoms with Gasteiger partial charge in [0.2, 0.25) is 5.28 Å². The number of nitrogens with one attached hydrogen (secondary N) is 1. The molecule has 1 N–H and O–H groups in total. The molecule has 0 unspecified atom stereocenters. The van der Waals surface area contributed by atoms with E-state index in [2.05, 4.69) is 15.3 Å². The number of hydrogen-bond donors (Lipinski definition) is 1. The van der Waals surface area contributed by atoms with E-state index in [-0.39, 0.29) is 5.28 Å². The summed E-state index contributed by atoms with van der Waals surface area (Å²) >= 11 is 11.6. The molecule has 7 heteroatoms. The standard InChI is InChI=1S/C11H7Cl2N3O2/c12-7-5-14-11(13)16-10(7)15-8-3-1-2-4-9(8)18-6-17/h1-6H,(H,14,15,16). The van der Waals surface area contributed by atoms with Crippen LogP contribution in [0.2, 0.25) is 10.3 Å². The van der Waals surface area contributed by atoms with Crippen molar-refractivity contribution in [2.75, 3.05) is 5.32 Å². The van der Waals surface area contributed by atoms with Gasteiger partial charge in [0.25, 0.3) is 6.47 Å². The maximum atomic E-state index is 10.4. The normalized spacial score (nSPS) is 9.89. The second kappa shape index (κ2) is 5.66. The summed E-state index contributed by atoms with van der Waals surface area (Å²) in [7, 11) is 0. The molecule has 0 amide bonds. The summed E-state index contributed by atoms with van der Waals surface area (Å²) < 4.78 is 4.82. The summed E-state index contributed by atoms with van der Waals surface area (Å²) in [5, 5.41) is 3.29. The largest absolute Gasteiger partial charge is 0.427 e. The maximum Gasteiger partial charge on any atom is 0.298 e. The lowest BCUT2D eigenvalue weighted by molar-refractivity contribution is -0.120. The number of carbonyl (C=O) groups excluding carboxylic acids is 1. The Hall–Kier alpha value is -1.85. The summed E-state index contributed by atoms with van der Waals surface area (Å²) in [4.78, 5) is 18.0. The van der Waals surface area contributed by atoms with Gasteiger partial charge in [0.15, 0.2) is 11.6 Å². The number of nitrogens with zero attached hydrogens (tertiary/aromatic N) is 2. The Morgan fingerprint density at radius 2 is 2.06 bits per heavy atom. The molecule has 0 aliphatic rings. The fourth-order valence-electron chi connectivity index (χ4n) is 1.29. The molecule has 0 saturated heterocycles. The number of benzene rings is 1. The first-order valence-corrected chi connectivity index (χ1v) is 5.60. The van der Waals surface area contributed by atoms with Crippen LogP contribution in [0.4, 0.5) is 11.5 Å². The highest BCUT2D eigenvalue weighted by atomic mass is 35.5. The van der Waals surface area contributed by atoms with Crippen molar-refractivity contribution in [1.29, 1.82) is 0 Å². The van der Waals surface area contributed by atoms with Gasteiger partial charge in [0, 0.05) is 0 Å². The quantitative estimate of drug-likeness (QED) is 0.690. The minimum Gasteiger partial charge on any atom is -0.427 e. The number of rotatable bonds is 4. The van der Waals surface area contributed by atoms with E-state index >= 15 is 0 Å². The number of carbonyl (C=O) groups is 1. The van der Waals surface area contributed by atoms with Crippen molar-refractivity contribution in [3.8, 4) is 5.75 Å². The van der Waals surface area contributed by atoms with Crippen molar-refractivity contribution >= 4 is 41.2 Å². The fourth-order valence-corrected chi connectivity index (χ4v) is 1.56. The lowest BCUT2D eigenvalue weighted by Crippen LogP contribution is -1.99. The minimum atomic E-state index is 0.0655. The fraction of sp³-hybridized carbons (Fsp3) is 0. The molecular formula is C11H7Cl2N3O2. The Balaban J connectivity index is 2.33. The smallest absolute Gasteiger partial charge is 0.298 e. The van der Waals surface area contributed by atoms with Crippen molar-refractivity contribution in [2.24, 2.45) is 0 Å². The molecule has 0 radical (unpaired) electrons. The predicted molar refractivity (Wildman–Crippen MR) is 68.5 cm³/mol. The van der Waals surface area contributed by atoms with Crippen LogP contribution in [0.3, 0.4) is 0 Å². The number of para-hydroxylation sites is 2. The van der Waals surface area contributed by atoms with Crippen molar-refractivity contribution in [1.82, 2.24) is 9.97 Å². The van der Waals surface area contributed by atoms with E-state index in [1.807, 2.05) is 0 Å². The number of anilines is 2. The van der Waals surface area contributed by atoms with E-state index in [0.717, 1.165) is 0 Å². The molecule has 2 rings (SSSR count). The van der Waals surface area contributed by atoms with Crippen LogP contribution in [-0.2, 0) is 4.79 Å². The summed E-state index contributed by atoms with van der Waals surface area (Å²) in [6.07, 6.45) is 1.38. The third-order valence-corrected chi connectivity index (χ3v) is 2.49. The molecular weight excluding hydrogens is 277 g/mol. The summed E-state index contributed by atoms with van der Waals surface area (Å²) in [6, 6.07) is 6.86. The van der Waals surface area contributed by atoms with Gasteiger partial charge in [-0.3, -0.25) is 4.79 Å². The first-order valence-electron chi connectivity index (χ1n) is 4.85. The van der Waals surface area contributed by atoms with Crippen molar-refractivity contribution < 1.29 is 9.53 Å². The van der Waals surface area contributed by atoms with E-state index in [1.54, 1.807) is 24.3 Å². The SMILES string of the molecule is O=COc1ccccc1Nc1nc(Cl)ncc1Cl. The zero-order chi connectivity index (χ0) is 13.0. The summed E-state index contributed by atoms with van der Waals surface area (Å²) in [5.74, 6) is 0.692. The first-order chi connectivity index (χ1) is 8.70. The van der Waals surface area contributed by atoms with Crippen LogP contribution < -0.4 is 10.1 Å². The lowest BCUT2D eigenvalue weighted by atomic mass is 10.3. The molecule has 1 heterocycles. The zero-order valence-corrected chi connectivity index (χ0v) is 10.4. The minimum absolute atomic E-state index is 0.0655. The van der Waals surface area contributed by atoms with E-state index < -0.39 is 0 Å². The molecule has 1 aromatic heterocycles. The van der Waals surface area contributed by atoms with Gasteiger partial charge in [-0.15, -0.1) is 0 Å². The van der Waals surface area contributed by atoms with Gasteiger partial charge in [-0.1, -0.05) is 23.7 Å². The number of halogens is 2. The highest BCUT2D eigenvalue weighted by Crippen LogP contribution is 2.29. The molecule has 0 saturated carbocycles. The average molecular weight is 284 g/mol. The molecule has 0 aliphatic carbocycles.